The summed E-state index contributed by atoms with van der Waals surface area (Å²) in [5.41, 5.74) is 1.38. The van der Waals surface area contributed by atoms with Crippen LogP contribution in [0.15, 0.2) is 53.8 Å². The maximum Gasteiger partial charge on any atom is 0.225 e. The van der Waals surface area contributed by atoms with Crippen molar-refractivity contribution >= 4 is 35.9 Å². The molecule has 2 aromatic rings. The molecule has 1 N–H and O–H groups in total. The summed E-state index contributed by atoms with van der Waals surface area (Å²) >= 11 is 0. The molecule has 1 aliphatic rings. The third-order valence-corrected chi connectivity index (χ3v) is 4.39. The van der Waals surface area contributed by atoms with Gasteiger partial charge in [-0.2, -0.15) is 0 Å². The van der Waals surface area contributed by atoms with Gasteiger partial charge < -0.3 is 15.1 Å². The minimum atomic E-state index is 0. The van der Waals surface area contributed by atoms with Gasteiger partial charge in [0.2, 0.25) is 5.95 Å². The van der Waals surface area contributed by atoms with Gasteiger partial charge in [0.1, 0.15) is 0 Å². The van der Waals surface area contributed by atoms with Crippen molar-refractivity contribution < 1.29 is 0 Å². The van der Waals surface area contributed by atoms with E-state index in [0.717, 1.165) is 57.5 Å². The zero-order valence-electron chi connectivity index (χ0n) is 15.2. The van der Waals surface area contributed by atoms with E-state index in [1.165, 1.54) is 5.56 Å². The number of aliphatic imine (C=N–C) groups is 1. The number of anilines is 1. The second kappa shape index (κ2) is 10.9. The molecule has 140 valence electrons. The molecule has 0 spiro atoms. The van der Waals surface area contributed by atoms with Crippen LogP contribution in [0, 0.1) is 0 Å². The first kappa shape index (κ1) is 20.4. The minimum Gasteiger partial charge on any atom is -0.356 e. The van der Waals surface area contributed by atoms with Crippen molar-refractivity contribution in [2.24, 2.45) is 4.99 Å². The van der Waals surface area contributed by atoms with Gasteiger partial charge in [-0.05, 0) is 24.5 Å². The van der Waals surface area contributed by atoms with Crippen LogP contribution >= 0.6 is 24.0 Å². The van der Waals surface area contributed by atoms with Crippen molar-refractivity contribution in [3.05, 3.63) is 54.4 Å². The summed E-state index contributed by atoms with van der Waals surface area (Å²) in [6, 6.07) is 12.5. The van der Waals surface area contributed by atoms with E-state index in [1.807, 2.05) is 13.1 Å². The lowest BCUT2D eigenvalue weighted by atomic mass is 10.1. The van der Waals surface area contributed by atoms with Crippen LogP contribution in [0.2, 0.25) is 0 Å². The Morgan fingerprint density at radius 2 is 1.73 bits per heavy atom. The minimum absolute atomic E-state index is 0. The van der Waals surface area contributed by atoms with Gasteiger partial charge in [-0.15, -0.1) is 24.0 Å². The molecule has 0 saturated carbocycles. The van der Waals surface area contributed by atoms with Crippen LogP contribution in [0.5, 0.6) is 0 Å². The zero-order chi connectivity index (χ0) is 17.3. The normalized spacial score (nSPS) is 14.7. The molecule has 7 heteroatoms. The Bertz CT molecular complexity index is 656. The number of guanidine groups is 1. The number of hydrogen-bond donors (Lipinski definition) is 1. The summed E-state index contributed by atoms with van der Waals surface area (Å²) in [7, 11) is 1.85. The second-order valence-corrected chi connectivity index (χ2v) is 6.09. The Morgan fingerprint density at radius 1 is 1.04 bits per heavy atom. The molecule has 3 rings (SSSR count). The largest absolute Gasteiger partial charge is 0.356 e. The lowest BCUT2D eigenvalue weighted by Gasteiger charge is -2.36. The fourth-order valence-electron chi connectivity index (χ4n) is 3.04. The molecular weight excluding hydrogens is 439 g/mol. The highest BCUT2D eigenvalue weighted by atomic mass is 127. The Kier molecular flexibility index (Phi) is 8.60. The van der Waals surface area contributed by atoms with Crippen molar-refractivity contribution in [1.29, 1.82) is 0 Å². The van der Waals surface area contributed by atoms with Crippen LogP contribution in [0.3, 0.4) is 0 Å². The number of aryl methyl sites for hydroxylation is 1. The summed E-state index contributed by atoms with van der Waals surface area (Å²) in [5.74, 6) is 1.80. The molecular formula is C19H27IN6. The van der Waals surface area contributed by atoms with Gasteiger partial charge in [0.25, 0.3) is 0 Å². The fourth-order valence-corrected chi connectivity index (χ4v) is 3.04. The van der Waals surface area contributed by atoms with Gasteiger partial charge in [-0.25, -0.2) is 9.97 Å². The van der Waals surface area contributed by atoms with E-state index < -0.39 is 0 Å². The lowest BCUT2D eigenvalue weighted by Crippen LogP contribution is -2.53. The third-order valence-electron chi connectivity index (χ3n) is 4.39. The molecule has 1 fully saturated rings. The summed E-state index contributed by atoms with van der Waals surface area (Å²) in [5, 5.41) is 3.49. The summed E-state index contributed by atoms with van der Waals surface area (Å²) in [6.07, 6.45) is 5.77. The maximum absolute atomic E-state index is 4.44. The molecule has 0 unspecified atom stereocenters. The van der Waals surface area contributed by atoms with E-state index in [2.05, 4.69) is 60.4 Å². The van der Waals surface area contributed by atoms with Gasteiger partial charge in [-0.3, -0.25) is 4.99 Å². The number of aromatic nitrogens is 2. The summed E-state index contributed by atoms with van der Waals surface area (Å²) < 4.78 is 0. The number of nitrogens with one attached hydrogen (secondary N) is 1. The summed E-state index contributed by atoms with van der Waals surface area (Å²) in [6.45, 7) is 4.61. The Balaban J connectivity index is 0.00000243. The highest BCUT2D eigenvalue weighted by Gasteiger charge is 2.20. The quantitative estimate of drug-likeness (QED) is 0.318. The molecule has 0 amide bonds. The first-order valence-electron chi connectivity index (χ1n) is 8.88. The fraction of sp³-hybridized carbons (Fsp3) is 0.421. The standard InChI is InChI=1S/C19H26N6.HI/c1-20-18(21-10-5-9-17-7-3-2-4-8-17)24-13-15-25(16-14-24)19-22-11-6-12-23-19;/h2-4,6-8,11-12H,5,9-10,13-16H2,1H3,(H,20,21);1H. The van der Waals surface area contributed by atoms with E-state index >= 15 is 0 Å². The molecule has 1 aromatic carbocycles. The van der Waals surface area contributed by atoms with Gasteiger partial charge in [0, 0.05) is 52.2 Å². The van der Waals surface area contributed by atoms with Gasteiger partial charge >= 0.3 is 0 Å². The van der Waals surface area contributed by atoms with Crippen molar-refractivity contribution in [2.75, 3.05) is 44.7 Å². The predicted octanol–water partition coefficient (Wildman–Crippen LogP) is 2.42. The number of piperazine rings is 1. The van der Waals surface area contributed by atoms with Crippen LogP contribution in [0.1, 0.15) is 12.0 Å². The molecule has 0 aliphatic carbocycles. The monoisotopic (exact) mass is 466 g/mol. The molecule has 1 saturated heterocycles. The first-order valence-corrected chi connectivity index (χ1v) is 8.88. The molecule has 0 atom stereocenters. The van der Waals surface area contributed by atoms with Crippen LogP contribution in [0.25, 0.3) is 0 Å². The smallest absolute Gasteiger partial charge is 0.225 e. The molecule has 1 aliphatic heterocycles. The Labute approximate surface area is 172 Å². The average molecular weight is 466 g/mol. The Hall–Kier alpha value is -1.90. The Morgan fingerprint density at radius 3 is 2.38 bits per heavy atom. The predicted molar refractivity (Wildman–Crippen MR) is 117 cm³/mol. The van der Waals surface area contributed by atoms with Crippen molar-refractivity contribution in [2.45, 2.75) is 12.8 Å². The van der Waals surface area contributed by atoms with E-state index in [1.54, 1.807) is 12.4 Å². The number of nitrogens with zero attached hydrogens (tertiary/aromatic N) is 5. The average Bonchev–Trinajstić information content (AvgIpc) is 2.70. The molecule has 26 heavy (non-hydrogen) atoms. The highest BCUT2D eigenvalue weighted by Crippen LogP contribution is 2.09. The zero-order valence-corrected chi connectivity index (χ0v) is 17.5. The van der Waals surface area contributed by atoms with E-state index in [0.29, 0.717) is 0 Å². The summed E-state index contributed by atoms with van der Waals surface area (Å²) in [4.78, 5) is 17.6. The van der Waals surface area contributed by atoms with Crippen LogP contribution in [-0.4, -0.2) is 60.6 Å². The molecule has 2 heterocycles. The number of rotatable bonds is 5. The van der Waals surface area contributed by atoms with Gasteiger partial charge in [-0.1, -0.05) is 30.3 Å². The van der Waals surface area contributed by atoms with Crippen LogP contribution < -0.4 is 10.2 Å². The highest BCUT2D eigenvalue weighted by molar-refractivity contribution is 14.0. The van der Waals surface area contributed by atoms with Crippen LogP contribution in [-0.2, 0) is 6.42 Å². The number of benzene rings is 1. The van der Waals surface area contributed by atoms with Gasteiger partial charge in [0.15, 0.2) is 5.96 Å². The van der Waals surface area contributed by atoms with Gasteiger partial charge in [0.05, 0.1) is 0 Å². The molecule has 6 nitrogen and oxygen atoms in total. The van der Waals surface area contributed by atoms with Crippen LogP contribution in [0.4, 0.5) is 5.95 Å². The maximum atomic E-state index is 4.44. The van der Waals surface area contributed by atoms with E-state index in [4.69, 9.17) is 0 Å². The lowest BCUT2D eigenvalue weighted by molar-refractivity contribution is 0.370. The van der Waals surface area contributed by atoms with Crippen molar-refractivity contribution in [1.82, 2.24) is 20.2 Å². The SMILES string of the molecule is CN=C(NCCCc1ccccc1)N1CCN(c2ncccn2)CC1.I. The molecule has 0 bridgehead atoms. The second-order valence-electron chi connectivity index (χ2n) is 6.09. The van der Waals surface area contributed by atoms with Crippen molar-refractivity contribution in [3.8, 4) is 0 Å². The molecule has 1 aromatic heterocycles. The topological polar surface area (TPSA) is 56.7 Å². The third kappa shape index (κ3) is 5.82. The number of halogens is 1. The van der Waals surface area contributed by atoms with Crippen molar-refractivity contribution in [3.63, 3.8) is 0 Å². The first-order chi connectivity index (χ1) is 12.4. The van der Waals surface area contributed by atoms with E-state index in [-0.39, 0.29) is 24.0 Å². The van der Waals surface area contributed by atoms with E-state index in [9.17, 15) is 0 Å². The number of hydrogen-bond acceptors (Lipinski definition) is 4. The molecule has 0 radical (unpaired) electrons.